The van der Waals surface area contributed by atoms with Gasteiger partial charge in [0.15, 0.2) is 0 Å². The normalized spacial score (nSPS) is 13.3. The van der Waals surface area contributed by atoms with Gasteiger partial charge in [0, 0.05) is 30.3 Å². The molecule has 0 unspecified atom stereocenters. The van der Waals surface area contributed by atoms with Gasteiger partial charge in [0.05, 0.1) is 5.69 Å². The van der Waals surface area contributed by atoms with E-state index in [0.29, 0.717) is 5.82 Å². The molecule has 27 heavy (non-hydrogen) atoms. The van der Waals surface area contributed by atoms with E-state index in [9.17, 15) is 4.79 Å². The fraction of sp³-hybridized carbons (Fsp3) is 0.227. The zero-order valence-corrected chi connectivity index (χ0v) is 15.5. The molecule has 5 heteroatoms. The molecule has 0 atom stereocenters. The van der Waals surface area contributed by atoms with E-state index < -0.39 is 0 Å². The molecule has 1 heterocycles. The number of aryl methyl sites for hydroxylation is 1. The fourth-order valence-corrected chi connectivity index (χ4v) is 3.09. The van der Waals surface area contributed by atoms with Crippen molar-refractivity contribution < 1.29 is 4.79 Å². The van der Waals surface area contributed by atoms with Gasteiger partial charge in [0.2, 0.25) is 5.91 Å². The molecule has 3 aromatic rings. The summed E-state index contributed by atoms with van der Waals surface area (Å²) < 4.78 is 0. The van der Waals surface area contributed by atoms with E-state index in [4.69, 9.17) is 0 Å². The number of benzene rings is 2. The van der Waals surface area contributed by atoms with Crippen molar-refractivity contribution in [1.29, 1.82) is 0 Å². The highest BCUT2D eigenvalue weighted by atomic mass is 16.2. The van der Waals surface area contributed by atoms with Gasteiger partial charge in [-0.15, -0.1) is 0 Å². The van der Waals surface area contributed by atoms with Gasteiger partial charge in [-0.1, -0.05) is 24.3 Å². The third kappa shape index (κ3) is 3.82. The second-order valence-corrected chi connectivity index (χ2v) is 6.91. The van der Waals surface area contributed by atoms with Crippen LogP contribution in [0.5, 0.6) is 0 Å². The molecule has 2 N–H and O–H groups in total. The average molecular weight is 358 g/mol. The SMILES string of the molecule is CNc1ccc(C)c(-c2cccc(-c3cc(NC(=O)C4CC4)ncn3)c2)c1. The van der Waals surface area contributed by atoms with Crippen LogP contribution >= 0.6 is 0 Å². The molecule has 1 fully saturated rings. The number of anilines is 2. The van der Waals surface area contributed by atoms with Crippen LogP contribution in [0.4, 0.5) is 11.5 Å². The van der Waals surface area contributed by atoms with Gasteiger partial charge < -0.3 is 10.6 Å². The first-order valence-electron chi connectivity index (χ1n) is 9.16. The standard InChI is InChI=1S/C22H22N4O/c1-14-6-9-18(23-2)11-19(14)16-4-3-5-17(10-16)20-12-21(25-13-24-20)26-22(27)15-7-8-15/h3-6,9-13,15,23H,7-8H2,1-2H3,(H,24,25,26,27). The number of hydrogen-bond acceptors (Lipinski definition) is 4. The van der Waals surface area contributed by atoms with Crippen molar-refractivity contribution >= 4 is 17.4 Å². The largest absolute Gasteiger partial charge is 0.388 e. The van der Waals surface area contributed by atoms with Crippen LogP contribution in [0.15, 0.2) is 54.9 Å². The van der Waals surface area contributed by atoms with Crippen molar-refractivity contribution in [3.63, 3.8) is 0 Å². The second-order valence-electron chi connectivity index (χ2n) is 6.91. The second kappa shape index (κ2) is 7.19. The molecule has 0 radical (unpaired) electrons. The summed E-state index contributed by atoms with van der Waals surface area (Å²) in [5.41, 5.74) is 6.38. The van der Waals surface area contributed by atoms with E-state index >= 15 is 0 Å². The molecule has 136 valence electrons. The monoisotopic (exact) mass is 358 g/mol. The summed E-state index contributed by atoms with van der Waals surface area (Å²) in [7, 11) is 1.92. The molecule has 0 bridgehead atoms. The first kappa shape index (κ1) is 17.2. The van der Waals surface area contributed by atoms with Gasteiger partial charge >= 0.3 is 0 Å². The molecule has 5 nitrogen and oxygen atoms in total. The fourth-order valence-electron chi connectivity index (χ4n) is 3.09. The molecule has 2 aromatic carbocycles. The lowest BCUT2D eigenvalue weighted by atomic mass is 9.97. The first-order chi connectivity index (χ1) is 13.1. The number of carbonyl (C=O) groups is 1. The Morgan fingerprint density at radius 2 is 1.85 bits per heavy atom. The van der Waals surface area contributed by atoms with Crippen molar-refractivity contribution in [3.8, 4) is 22.4 Å². The van der Waals surface area contributed by atoms with Gasteiger partial charge in [0.1, 0.15) is 12.1 Å². The maximum atomic E-state index is 12.0. The minimum absolute atomic E-state index is 0.0490. The third-order valence-electron chi connectivity index (χ3n) is 4.86. The molecule has 0 aliphatic heterocycles. The van der Waals surface area contributed by atoms with Gasteiger partial charge in [0.25, 0.3) is 0 Å². The Morgan fingerprint density at radius 3 is 2.63 bits per heavy atom. The minimum Gasteiger partial charge on any atom is -0.388 e. The summed E-state index contributed by atoms with van der Waals surface area (Å²) >= 11 is 0. The van der Waals surface area contributed by atoms with Crippen LogP contribution in [0.25, 0.3) is 22.4 Å². The Labute approximate surface area is 158 Å². The number of carbonyl (C=O) groups excluding carboxylic acids is 1. The van der Waals surface area contributed by atoms with Crippen LogP contribution in [0.3, 0.4) is 0 Å². The van der Waals surface area contributed by atoms with Crippen molar-refractivity contribution in [1.82, 2.24) is 9.97 Å². The van der Waals surface area contributed by atoms with E-state index in [1.54, 1.807) is 0 Å². The number of hydrogen-bond donors (Lipinski definition) is 2. The molecule has 1 aliphatic rings. The lowest BCUT2D eigenvalue weighted by Crippen LogP contribution is -2.14. The first-order valence-corrected chi connectivity index (χ1v) is 9.16. The highest BCUT2D eigenvalue weighted by molar-refractivity contribution is 5.93. The Morgan fingerprint density at radius 1 is 1.04 bits per heavy atom. The summed E-state index contributed by atoms with van der Waals surface area (Å²) in [6.07, 6.45) is 3.44. The zero-order valence-electron chi connectivity index (χ0n) is 15.5. The predicted molar refractivity (Wildman–Crippen MR) is 109 cm³/mol. The van der Waals surface area contributed by atoms with Crippen molar-refractivity contribution in [2.45, 2.75) is 19.8 Å². The molecule has 1 saturated carbocycles. The molecule has 1 aromatic heterocycles. The number of rotatable bonds is 5. The average Bonchev–Trinajstić information content (AvgIpc) is 3.54. The predicted octanol–water partition coefficient (Wildman–Crippen LogP) is 4.51. The number of nitrogens with zero attached hydrogens (tertiary/aromatic N) is 2. The van der Waals surface area contributed by atoms with Crippen molar-refractivity contribution in [2.24, 2.45) is 5.92 Å². The van der Waals surface area contributed by atoms with Crippen LogP contribution in [0.2, 0.25) is 0 Å². The van der Waals surface area contributed by atoms with Crippen LogP contribution in [0, 0.1) is 12.8 Å². The van der Waals surface area contributed by atoms with E-state index in [1.165, 1.54) is 17.5 Å². The summed E-state index contributed by atoms with van der Waals surface area (Å²) in [4.78, 5) is 20.6. The lowest BCUT2D eigenvalue weighted by Gasteiger charge is -2.11. The highest BCUT2D eigenvalue weighted by Gasteiger charge is 2.29. The highest BCUT2D eigenvalue weighted by Crippen LogP contribution is 2.31. The van der Waals surface area contributed by atoms with E-state index in [2.05, 4.69) is 57.9 Å². The third-order valence-corrected chi connectivity index (χ3v) is 4.86. The summed E-state index contributed by atoms with van der Waals surface area (Å²) in [5, 5.41) is 6.08. The maximum absolute atomic E-state index is 12.0. The summed E-state index contributed by atoms with van der Waals surface area (Å²) in [6.45, 7) is 2.11. The van der Waals surface area contributed by atoms with Crippen LogP contribution < -0.4 is 10.6 Å². The molecular weight excluding hydrogens is 336 g/mol. The van der Waals surface area contributed by atoms with E-state index in [0.717, 1.165) is 35.3 Å². The summed E-state index contributed by atoms with van der Waals surface area (Å²) in [5.74, 6) is 0.748. The van der Waals surface area contributed by atoms with Crippen molar-refractivity contribution in [3.05, 3.63) is 60.4 Å². The molecule has 0 spiro atoms. The Kier molecular flexibility index (Phi) is 4.59. The Balaban J connectivity index is 1.65. The molecule has 1 aliphatic carbocycles. The number of nitrogens with one attached hydrogen (secondary N) is 2. The van der Waals surface area contributed by atoms with Crippen LogP contribution in [-0.4, -0.2) is 22.9 Å². The van der Waals surface area contributed by atoms with Crippen LogP contribution in [-0.2, 0) is 4.79 Å². The topological polar surface area (TPSA) is 66.9 Å². The smallest absolute Gasteiger partial charge is 0.228 e. The van der Waals surface area contributed by atoms with Gasteiger partial charge in [-0.3, -0.25) is 4.79 Å². The van der Waals surface area contributed by atoms with Crippen molar-refractivity contribution in [2.75, 3.05) is 17.7 Å². The van der Waals surface area contributed by atoms with Gasteiger partial charge in [-0.25, -0.2) is 9.97 Å². The van der Waals surface area contributed by atoms with E-state index in [1.807, 2.05) is 25.2 Å². The quantitative estimate of drug-likeness (QED) is 0.704. The molecule has 0 saturated heterocycles. The number of amides is 1. The summed E-state index contributed by atoms with van der Waals surface area (Å²) in [6, 6.07) is 16.4. The Bertz CT molecular complexity index is 995. The molecule has 1 amide bonds. The number of aromatic nitrogens is 2. The van der Waals surface area contributed by atoms with Crippen LogP contribution in [0.1, 0.15) is 18.4 Å². The van der Waals surface area contributed by atoms with E-state index in [-0.39, 0.29) is 11.8 Å². The molecular formula is C22H22N4O. The van der Waals surface area contributed by atoms with Gasteiger partial charge in [-0.2, -0.15) is 0 Å². The lowest BCUT2D eigenvalue weighted by molar-refractivity contribution is -0.117. The van der Waals surface area contributed by atoms with Gasteiger partial charge in [-0.05, 0) is 54.7 Å². The maximum Gasteiger partial charge on any atom is 0.228 e. The zero-order chi connectivity index (χ0) is 18.8. The minimum atomic E-state index is 0.0490. The molecule has 4 rings (SSSR count). The Hall–Kier alpha value is -3.21.